The molecule has 9 heteroatoms. The van der Waals surface area contributed by atoms with Crippen molar-refractivity contribution in [1.82, 2.24) is 9.97 Å². The Kier molecular flexibility index (Phi) is 5.23. The number of hydrogen-bond donors (Lipinski definition) is 3. The lowest BCUT2D eigenvalue weighted by Crippen LogP contribution is -2.40. The monoisotopic (exact) mass is 296 g/mol. The highest BCUT2D eigenvalue weighted by Gasteiger charge is 2.29. The van der Waals surface area contributed by atoms with E-state index in [1.807, 2.05) is 0 Å². The lowest BCUT2D eigenvalue weighted by atomic mass is 9.94. The molecule has 116 valence electrons. The van der Waals surface area contributed by atoms with E-state index < -0.39 is 4.92 Å². The summed E-state index contributed by atoms with van der Waals surface area (Å²) in [6.07, 6.45) is 6.34. The van der Waals surface area contributed by atoms with E-state index in [0.717, 1.165) is 31.9 Å². The molecule has 0 bridgehead atoms. The van der Waals surface area contributed by atoms with Crippen LogP contribution in [0.15, 0.2) is 6.20 Å². The van der Waals surface area contributed by atoms with Crippen LogP contribution in [-0.4, -0.2) is 39.2 Å². The molecule has 0 aliphatic heterocycles. The molecule has 0 spiro atoms. The molecule has 4 N–H and O–H groups in total. The molecule has 21 heavy (non-hydrogen) atoms. The van der Waals surface area contributed by atoms with Crippen LogP contribution >= 0.6 is 0 Å². The molecule has 1 heterocycles. The summed E-state index contributed by atoms with van der Waals surface area (Å²) in [7, 11) is 0. The van der Waals surface area contributed by atoms with E-state index in [1.165, 1.54) is 6.42 Å². The second-order valence-electron chi connectivity index (χ2n) is 5.01. The minimum Gasteiger partial charge on any atom is -0.395 e. The van der Waals surface area contributed by atoms with Gasteiger partial charge in [0.2, 0.25) is 11.8 Å². The summed E-state index contributed by atoms with van der Waals surface area (Å²) in [5, 5.41) is 20.5. The van der Waals surface area contributed by atoms with E-state index in [2.05, 4.69) is 15.4 Å². The number of rotatable bonds is 6. The fourth-order valence-electron chi connectivity index (χ4n) is 2.74. The first-order valence-corrected chi connectivity index (χ1v) is 7.03. The first-order chi connectivity index (χ1) is 10.2. The second kappa shape index (κ2) is 7.14. The summed E-state index contributed by atoms with van der Waals surface area (Å²) >= 11 is 0. The van der Waals surface area contributed by atoms with Crippen molar-refractivity contribution in [2.75, 3.05) is 23.5 Å². The number of hydrogen-bond acceptors (Lipinski definition) is 8. The van der Waals surface area contributed by atoms with Crippen LogP contribution in [0, 0.1) is 10.1 Å². The van der Waals surface area contributed by atoms with Crippen molar-refractivity contribution in [3.8, 4) is 0 Å². The van der Waals surface area contributed by atoms with Crippen molar-refractivity contribution in [1.29, 1.82) is 0 Å². The Morgan fingerprint density at radius 2 is 2.19 bits per heavy atom. The molecule has 1 fully saturated rings. The predicted octanol–water partition coefficient (Wildman–Crippen LogP) is 0.802. The molecule has 0 atom stereocenters. The van der Waals surface area contributed by atoms with Crippen molar-refractivity contribution >= 4 is 17.5 Å². The van der Waals surface area contributed by atoms with Gasteiger partial charge in [0.05, 0.1) is 11.5 Å². The Hall–Kier alpha value is -2.00. The fourth-order valence-corrected chi connectivity index (χ4v) is 2.74. The standard InChI is InChI=1S/C12H20N6O3/c13-16-12-14-8-10(18(20)21)11(15-12)17(6-7-19)9-4-2-1-3-5-9/h8-9,19H,1-7,13H2,(H,14,15,16). The lowest BCUT2D eigenvalue weighted by molar-refractivity contribution is -0.384. The number of anilines is 2. The summed E-state index contributed by atoms with van der Waals surface area (Å²) < 4.78 is 0. The topological polar surface area (TPSA) is 130 Å². The van der Waals surface area contributed by atoms with E-state index in [-0.39, 0.29) is 30.1 Å². The van der Waals surface area contributed by atoms with Gasteiger partial charge in [0.1, 0.15) is 6.20 Å². The van der Waals surface area contributed by atoms with Gasteiger partial charge in [-0.25, -0.2) is 10.8 Å². The molecule has 9 nitrogen and oxygen atoms in total. The Morgan fingerprint density at radius 3 is 2.76 bits per heavy atom. The van der Waals surface area contributed by atoms with E-state index in [9.17, 15) is 15.2 Å². The number of aliphatic hydroxyl groups is 1. The van der Waals surface area contributed by atoms with E-state index in [1.54, 1.807) is 4.90 Å². The van der Waals surface area contributed by atoms with E-state index >= 15 is 0 Å². The van der Waals surface area contributed by atoms with Crippen LogP contribution in [0.25, 0.3) is 0 Å². The molecule has 1 saturated carbocycles. The smallest absolute Gasteiger partial charge is 0.329 e. The highest BCUT2D eigenvalue weighted by atomic mass is 16.6. The number of aliphatic hydroxyl groups excluding tert-OH is 1. The van der Waals surface area contributed by atoms with Crippen LogP contribution in [-0.2, 0) is 0 Å². The third kappa shape index (κ3) is 3.56. The number of aromatic nitrogens is 2. The van der Waals surface area contributed by atoms with Crippen molar-refractivity contribution in [3.63, 3.8) is 0 Å². The summed E-state index contributed by atoms with van der Waals surface area (Å²) in [5.41, 5.74) is 2.13. The molecule has 1 aliphatic rings. The van der Waals surface area contributed by atoms with Gasteiger partial charge in [-0.05, 0) is 12.8 Å². The summed E-state index contributed by atoms with van der Waals surface area (Å²) in [6, 6.07) is 0.144. The van der Waals surface area contributed by atoms with Gasteiger partial charge in [-0.3, -0.25) is 15.5 Å². The summed E-state index contributed by atoms with van der Waals surface area (Å²) in [6.45, 7) is 0.204. The van der Waals surface area contributed by atoms with E-state index in [0.29, 0.717) is 6.54 Å². The highest BCUT2D eigenvalue weighted by molar-refractivity contribution is 5.59. The quantitative estimate of drug-likeness (QED) is 0.399. The maximum Gasteiger partial charge on any atom is 0.329 e. The highest BCUT2D eigenvalue weighted by Crippen LogP contribution is 2.32. The Bertz CT molecular complexity index is 492. The molecule has 0 unspecified atom stereocenters. The first kappa shape index (κ1) is 15.4. The van der Waals surface area contributed by atoms with Gasteiger partial charge < -0.3 is 10.0 Å². The van der Waals surface area contributed by atoms with Crippen LogP contribution in [0.3, 0.4) is 0 Å². The van der Waals surface area contributed by atoms with Crippen molar-refractivity contribution in [2.24, 2.45) is 5.84 Å². The number of nitrogen functional groups attached to an aromatic ring is 1. The number of nitro groups is 1. The van der Waals surface area contributed by atoms with Gasteiger partial charge in [0.25, 0.3) is 0 Å². The zero-order valence-electron chi connectivity index (χ0n) is 11.7. The van der Waals surface area contributed by atoms with Gasteiger partial charge in [-0.1, -0.05) is 19.3 Å². The summed E-state index contributed by atoms with van der Waals surface area (Å²) in [5.74, 6) is 5.62. The number of nitrogens with one attached hydrogen (secondary N) is 1. The largest absolute Gasteiger partial charge is 0.395 e. The van der Waals surface area contributed by atoms with Crippen LogP contribution in [0.1, 0.15) is 32.1 Å². The van der Waals surface area contributed by atoms with Crippen molar-refractivity contribution in [3.05, 3.63) is 16.3 Å². The molecule has 0 aromatic carbocycles. The molecule has 0 amide bonds. The zero-order chi connectivity index (χ0) is 15.2. The van der Waals surface area contributed by atoms with Crippen LogP contribution in [0.2, 0.25) is 0 Å². The molecule has 1 aromatic rings. The second-order valence-corrected chi connectivity index (χ2v) is 5.01. The normalized spacial score (nSPS) is 15.7. The van der Waals surface area contributed by atoms with Crippen LogP contribution in [0.4, 0.5) is 17.5 Å². The Morgan fingerprint density at radius 1 is 1.48 bits per heavy atom. The molecule has 1 aliphatic carbocycles. The minimum atomic E-state index is -0.511. The van der Waals surface area contributed by atoms with E-state index in [4.69, 9.17) is 5.84 Å². The summed E-state index contributed by atoms with van der Waals surface area (Å²) in [4.78, 5) is 20.4. The van der Waals surface area contributed by atoms with Crippen molar-refractivity contribution < 1.29 is 10.0 Å². The predicted molar refractivity (Wildman–Crippen MR) is 77.8 cm³/mol. The van der Waals surface area contributed by atoms with Crippen molar-refractivity contribution in [2.45, 2.75) is 38.1 Å². The molecule has 0 radical (unpaired) electrons. The SMILES string of the molecule is NNc1ncc([N+](=O)[O-])c(N(CCO)C2CCCCC2)n1. The van der Waals surface area contributed by atoms with Gasteiger partial charge >= 0.3 is 5.69 Å². The molecular formula is C12H20N6O3. The lowest BCUT2D eigenvalue weighted by Gasteiger charge is -2.34. The number of nitrogens with two attached hydrogens (primary N) is 1. The number of nitrogens with zero attached hydrogens (tertiary/aromatic N) is 4. The minimum absolute atomic E-state index is 0.0942. The van der Waals surface area contributed by atoms with Gasteiger partial charge in [0.15, 0.2) is 0 Å². The third-order valence-corrected chi connectivity index (χ3v) is 3.70. The molecule has 0 saturated heterocycles. The zero-order valence-corrected chi connectivity index (χ0v) is 11.7. The molecule has 2 rings (SSSR count). The molecular weight excluding hydrogens is 276 g/mol. The average Bonchev–Trinajstić information content (AvgIpc) is 2.52. The Balaban J connectivity index is 2.39. The molecule has 1 aromatic heterocycles. The van der Waals surface area contributed by atoms with Crippen LogP contribution in [0.5, 0.6) is 0 Å². The third-order valence-electron chi connectivity index (χ3n) is 3.70. The number of hydrazine groups is 1. The van der Waals surface area contributed by atoms with Gasteiger partial charge in [0, 0.05) is 12.6 Å². The average molecular weight is 296 g/mol. The van der Waals surface area contributed by atoms with Gasteiger partial charge in [-0.2, -0.15) is 4.98 Å². The fraction of sp³-hybridized carbons (Fsp3) is 0.667. The van der Waals surface area contributed by atoms with Crippen LogP contribution < -0.4 is 16.2 Å². The Labute approximate surface area is 122 Å². The van der Waals surface area contributed by atoms with Gasteiger partial charge in [-0.15, -0.1) is 0 Å². The maximum absolute atomic E-state index is 11.2. The first-order valence-electron chi connectivity index (χ1n) is 7.03. The maximum atomic E-state index is 11.2.